The number of carbonyl (C=O) groups is 2. The molecule has 1 aliphatic rings. The van der Waals surface area contributed by atoms with E-state index in [0.29, 0.717) is 27.0 Å². The molecule has 1 saturated heterocycles. The maximum absolute atomic E-state index is 13.3. The summed E-state index contributed by atoms with van der Waals surface area (Å²) in [6.07, 6.45) is 0. The van der Waals surface area contributed by atoms with Crippen molar-refractivity contribution >= 4 is 46.3 Å². The van der Waals surface area contributed by atoms with Crippen LogP contribution >= 0.6 is 23.2 Å². The molecule has 4 rings (SSSR count). The normalized spacial score (nSPS) is 17.6. The molecule has 32 heavy (non-hydrogen) atoms. The Morgan fingerprint density at radius 2 is 1.62 bits per heavy atom. The minimum absolute atomic E-state index is 0.0545. The third kappa shape index (κ3) is 3.74. The molecule has 1 amide bonds. The Balaban J connectivity index is 2.01. The first-order chi connectivity index (χ1) is 15.3. The number of anilines is 1. The Bertz CT molecular complexity index is 1250. The van der Waals surface area contributed by atoms with Crippen molar-refractivity contribution in [2.45, 2.75) is 13.0 Å². The number of benzene rings is 3. The number of nitrogens with zero attached hydrogens (tertiary/aromatic N) is 1. The number of hydrogen-bond donors (Lipinski definition) is 1. The van der Waals surface area contributed by atoms with Crippen LogP contribution in [0.15, 0.2) is 72.3 Å². The number of Topliss-reactive ketones (excluding diaryl/α,β-unsaturated/α-hetero) is 1. The topological polar surface area (TPSA) is 66.8 Å². The van der Waals surface area contributed by atoms with E-state index in [0.717, 1.165) is 5.56 Å². The lowest BCUT2D eigenvalue weighted by Crippen LogP contribution is -2.30. The molecule has 7 heteroatoms. The van der Waals surface area contributed by atoms with Crippen LogP contribution in [0.3, 0.4) is 0 Å². The molecule has 5 nitrogen and oxygen atoms in total. The van der Waals surface area contributed by atoms with Gasteiger partial charge in [0, 0.05) is 15.7 Å². The highest BCUT2D eigenvalue weighted by atomic mass is 35.5. The van der Waals surface area contributed by atoms with Gasteiger partial charge in [-0.1, -0.05) is 59.6 Å². The Morgan fingerprint density at radius 3 is 2.31 bits per heavy atom. The Hall–Kier alpha value is -3.28. The average molecular weight is 468 g/mol. The van der Waals surface area contributed by atoms with E-state index < -0.39 is 17.7 Å². The first-order valence-corrected chi connectivity index (χ1v) is 10.5. The van der Waals surface area contributed by atoms with Crippen molar-refractivity contribution in [1.82, 2.24) is 0 Å². The van der Waals surface area contributed by atoms with Gasteiger partial charge in [-0.2, -0.15) is 0 Å². The summed E-state index contributed by atoms with van der Waals surface area (Å²) in [7, 11) is 1.45. The predicted molar refractivity (Wildman–Crippen MR) is 125 cm³/mol. The van der Waals surface area contributed by atoms with Crippen molar-refractivity contribution in [3.63, 3.8) is 0 Å². The maximum Gasteiger partial charge on any atom is 0.300 e. The van der Waals surface area contributed by atoms with Gasteiger partial charge in [-0.3, -0.25) is 14.5 Å². The van der Waals surface area contributed by atoms with Crippen LogP contribution < -0.4 is 9.64 Å². The summed E-state index contributed by atoms with van der Waals surface area (Å²) < 4.78 is 5.35. The molecule has 1 heterocycles. The zero-order valence-electron chi connectivity index (χ0n) is 17.3. The fourth-order valence-electron chi connectivity index (χ4n) is 3.88. The third-order valence-electron chi connectivity index (χ3n) is 5.41. The Kier molecular flexibility index (Phi) is 5.96. The van der Waals surface area contributed by atoms with Gasteiger partial charge in [0.15, 0.2) is 0 Å². The van der Waals surface area contributed by atoms with E-state index in [1.54, 1.807) is 54.6 Å². The van der Waals surface area contributed by atoms with Crippen molar-refractivity contribution in [3.8, 4) is 5.75 Å². The molecule has 3 aromatic rings. The van der Waals surface area contributed by atoms with E-state index in [1.165, 1.54) is 18.1 Å². The monoisotopic (exact) mass is 467 g/mol. The summed E-state index contributed by atoms with van der Waals surface area (Å²) >= 11 is 12.3. The highest BCUT2D eigenvalue weighted by molar-refractivity contribution is 6.52. The lowest BCUT2D eigenvalue weighted by molar-refractivity contribution is -0.132. The van der Waals surface area contributed by atoms with Crippen LogP contribution in [0.2, 0.25) is 10.0 Å². The maximum atomic E-state index is 13.3. The second-order valence-corrected chi connectivity index (χ2v) is 8.23. The summed E-state index contributed by atoms with van der Waals surface area (Å²) in [5, 5.41) is 12.1. The number of aliphatic hydroxyl groups excluding tert-OH is 1. The fourth-order valence-corrected chi connectivity index (χ4v) is 4.22. The molecule has 0 aromatic heterocycles. The van der Waals surface area contributed by atoms with Gasteiger partial charge in [0.1, 0.15) is 11.5 Å². The van der Waals surface area contributed by atoms with Crippen LogP contribution in [0.1, 0.15) is 22.7 Å². The van der Waals surface area contributed by atoms with E-state index >= 15 is 0 Å². The van der Waals surface area contributed by atoms with E-state index in [4.69, 9.17) is 27.9 Å². The Labute approximate surface area is 195 Å². The van der Waals surface area contributed by atoms with Crippen LogP contribution in [-0.2, 0) is 9.59 Å². The van der Waals surface area contributed by atoms with Gasteiger partial charge in [-0.05, 0) is 48.4 Å². The van der Waals surface area contributed by atoms with Crippen LogP contribution in [0.5, 0.6) is 5.75 Å². The van der Waals surface area contributed by atoms with Gasteiger partial charge in [0.25, 0.3) is 11.7 Å². The molecule has 0 spiro atoms. The zero-order valence-corrected chi connectivity index (χ0v) is 18.8. The van der Waals surface area contributed by atoms with Gasteiger partial charge in [-0.25, -0.2) is 0 Å². The number of ketones is 1. The molecule has 1 atom stereocenters. The predicted octanol–water partition coefficient (Wildman–Crippen LogP) is 5.94. The average Bonchev–Trinajstić information content (AvgIpc) is 3.06. The summed E-state index contributed by atoms with van der Waals surface area (Å²) in [4.78, 5) is 27.9. The van der Waals surface area contributed by atoms with Crippen molar-refractivity contribution in [3.05, 3.63) is 99.0 Å². The van der Waals surface area contributed by atoms with Gasteiger partial charge in [0.2, 0.25) is 0 Å². The summed E-state index contributed by atoms with van der Waals surface area (Å²) in [6.45, 7) is 1.83. The van der Waals surface area contributed by atoms with Crippen LogP contribution in [0.25, 0.3) is 5.76 Å². The lowest BCUT2D eigenvalue weighted by Gasteiger charge is -2.27. The van der Waals surface area contributed by atoms with Crippen LogP contribution in [-0.4, -0.2) is 23.9 Å². The van der Waals surface area contributed by atoms with Crippen molar-refractivity contribution in [1.29, 1.82) is 0 Å². The van der Waals surface area contributed by atoms with Crippen molar-refractivity contribution < 1.29 is 19.4 Å². The molecule has 1 aliphatic heterocycles. The molecule has 0 radical (unpaired) electrons. The molecule has 0 saturated carbocycles. The Morgan fingerprint density at radius 1 is 0.969 bits per heavy atom. The molecule has 1 fully saturated rings. The number of halogens is 2. The lowest BCUT2D eigenvalue weighted by atomic mass is 9.94. The van der Waals surface area contributed by atoms with E-state index in [1.807, 2.05) is 13.0 Å². The second kappa shape index (κ2) is 8.69. The zero-order chi connectivity index (χ0) is 23.0. The number of carbonyl (C=O) groups excluding carboxylic acids is 2. The summed E-state index contributed by atoms with van der Waals surface area (Å²) in [5.74, 6) is -1.60. The molecular weight excluding hydrogens is 449 g/mol. The molecule has 0 aliphatic carbocycles. The summed E-state index contributed by atoms with van der Waals surface area (Å²) in [5.41, 5.74) is 2.08. The fraction of sp³-hybridized carbons (Fsp3) is 0.120. The third-order valence-corrected chi connectivity index (χ3v) is 5.88. The van der Waals surface area contributed by atoms with Crippen molar-refractivity contribution in [2.24, 2.45) is 0 Å². The second-order valence-electron chi connectivity index (χ2n) is 7.36. The van der Waals surface area contributed by atoms with Gasteiger partial charge in [-0.15, -0.1) is 0 Å². The molecule has 1 unspecified atom stereocenters. The number of hydrogen-bond acceptors (Lipinski definition) is 4. The van der Waals surface area contributed by atoms with Gasteiger partial charge in [0.05, 0.1) is 24.3 Å². The highest BCUT2D eigenvalue weighted by Gasteiger charge is 2.47. The van der Waals surface area contributed by atoms with E-state index in [-0.39, 0.29) is 16.9 Å². The first kappa shape index (κ1) is 21.9. The van der Waals surface area contributed by atoms with Crippen molar-refractivity contribution in [2.75, 3.05) is 12.0 Å². The first-order valence-electron chi connectivity index (χ1n) is 9.79. The SMILES string of the molecule is COc1ccc(Cl)cc1/C(O)=C1\C(=O)C(=O)N(c2cc(Cl)ccc2C)C1c1ccccc1. The standard InChI is InChI=1S/C25H19Cl2NO4/c1-14-8-9-17(27)13-19(14)28-22(15-6-4-3-5-7-15)21(24(30)25(28)31)23(29)18-12-16(26)10-11-20(18)32-2/h3-13,22,29H,1-2H3/b23-21+. The summed E-state index contributed by atoms with van der Waals surface area (Å²) in [6, 6.07) is 18.0. The number of ether oxygens (including phenoxy) is 1. The van der Waals surface area contributed by atoms with E-state index in [2.05, 4.69) is 0 Å². The minimum Gasteiger partial charge on any atom is -0.507 e. The highest BCUT2D eigenvalue weighted by Crippen LogP contribution is 2.44. The largest absolute Gasteiger partial charge is 0.507 e. The molecule has 3 aromatic carbocycles. The van der Waals surface area contributed by atoms with E-state index in [9.17, 15) is 14.7 Å². The number of aliphatic hydroxyl groups is 1. The molecule has 0 bridgehead atoms. The van der Waals surface area contributed by atoms with Gasteiger partial charge < -0.3 is 9.84 Å². The minimum atomic E-state index is -0.864. The van der Waals surface area contributed by atoms with Gasteiger partial charge >= 0.3 is 0 Å². The molecule has 162 valence electrons. The van der Waals surface area contributed by atoms with Crippen LogP contribution in [0.4, 0.5) is 5.69 Å². The molecule has 1 N–H and O–H groups in total. The quantitative estimate of drug-likeness (QED) is 0.293. The number of aryl methyl sites for hydroxylation is 1. The number of methoxy groups -OCH3 is 1. The number of amides is 1. The molecular formula is C25H19Cl2NO4. The smallest absolute Gasteiger partial charge is 0.300 e. The van der Waals surface area contributed by atoms with Crippen LogP contribution in [0, 0.1) is 6.92 Å². The number of rotatable bonds is 4.